The van der Waals surface area contributed by atoms with E-state index in [-0.39, 0.29) is 34.0 Å². The minimum absolute atomic E-state index is 0.0574. The fourth-order valence-corrected chi connectivity index (χ4v) is 3.38. The number of nitrogens with one attached hydrogen (secondary N) is 3. The van der Waals surface area contributed by atoms with Gasteiger partial charge in [-0.05, 0) is 37.1 Å². The first kappa shape index (κ1) is 23.8. The molecule has 33 heavy (non-hydrogen) atoms. The summed E-state index contributed by atoms with van der Waals surface area (Å²) in [6.45, 7) is 1.62. The van der Waals surface area contributed by atoms with Crippen LogP contribution in [0.15, 0.2) is 35.4 Å². The number of hydrazone groups is 1. The van der Waals surface area contributed by atoms with Crippen LogP contribution in [0.4, 0.5) is 16.2 Å². The van der Waals surface area contributed by atoms with E-state index in [0.717, 1.165) is 5.56 Å². The molecule has 0 radical (unpaired) electrons. The summed E-state index contributed by atoms with van der Waals surface area (Å²) in [7, 11) is 0. The van der Waals surface area contributed by atoms with Gasteiger partial charge in [-0.1, -0.05) is 29.3 Å². The van der Waals surface area contributed by atoms with Crippen molar-refractivity contribution in [1.82, 2.24) is 5.32 Å². The summed E-state index contributed by atoms with van der Waals surface area (Å²) in [5, 5.41) is 17.7. The highest BCUT2D eigenvalue weighted by molar-refractivity contribution is 6.47. The Morgan fingerprint density at radius 3 is 2.61 bits per heavy atom. The number of fused-ring (bicyclic) bond motifs is 1. The van der Waals surface area contributed by atoms with Crippen molar-refractivity contribution in [3.05, 3.63) is 45.9 Å². The molecular formula is C21H17Cl2N5O5. The molecule has 1 aliphatic rings. The van der Waals surface area contributed by atoms with Gasteiger partial charge < -0.3 is 14.8 Å². The molecule has 1 heterocycles. The van der Waals surface area contributed by atoms with Crippen molar-refractivity contribution in [1.29, 1.82) is 5.26 Å². The Morgan fingerprint density at radius 2 is 1.94 bits per heavy atom. The lowest BCUT2D eigenvalue weighted by molar-refractivity contribution is -0.116. The van der Waals surface area contributed by atoms with Gasteiger partial charge in [-0.2, -0.15) is 10.4 Å². The molecule has 10 nitrogen and oxygen atoms in total. The van der Waals surface area contributed by atoms with E-state index in [2.05, 4.69) is 20.6 Å². The zero-order valence-corrected chi connectivity index (χ0v) is 18.7. The molecule has 0 fully saturated rings. The van der Waals surface area contributed by atoms with Gasteiger partial charge in [0.2, 0.25) is 11.6 Å². The molecular weight excluding hydrogens is 473 g/mol. The second-order valence-corrected chi connectivity index (χ2v) is 7.41. The molecule has 3 rings (SSSR count). The number of anilines is 2. The first-order chi connectivity index (χ1) is 15.8. The van der Waals surface area contributed by atoms with Gasteiger partial charge in [-0.3, -0.25) is 20.3 Å². The van der Waals surface area contributed by atoms with Crippen LogP contribution in [-0.2, 0) is 20.7 Å². The average Bonchev–Trinajstić information content (AvgIpc) is 2.76. The summed E-state index contributed by atoms with van der Waals surface area (Å²) < 4.78 is 10.4. The van der Waals surface area contributed by atoms with Crippen molar-refractivity contribution in [3.8, 4) is 17.6 Å². The lowest BCUT2D eigenvalue weighted by Crippen LogP contribution is -2.36. The molecule has 3 N–H and O–H groups in total. The van der Waals surface area contributed by atoms with Gasteiger partial charge in [0.1, 0.15) is 11.8 Å². The van der Waals surface area contributed by atoms with Crippen LogP contribution in [0.25, 0.3) is 0 Å². The molecule has 0 aliphatic carbocycles. The SMILES string of the molecule is CCOC(=O)NC(=O)C(C#N)=NNc1cc(Cl)c(Oc2ccc3c(c2)NC(=O)CC3)c(Cl)c1. The van der Waals surface area contributed by atoms with Crippen LogP contribution in [0.3, 0.4) is 0 Å². The van der Waals surface area contributed by atoms with Crippen LogP contribution in [0, 0.1) is 11.3 Å². The molecule has 3 amide bonds. The zero-order chi connectivity index (χ0) is 24.0. The number of benzene rings is 2. The Bertz CT molecular complexity index is 1170. The molecule has 12 heteroatoms. The molecule has 2 aromatic carbocycles. The van der Waals surface area contributed by atoms with Crippen molar-refractivity contribution >= 4 is 58.2 Å². The van der Waals surface area contributed by atoms with Crippen LogP contribution in [0.5, 0.6) is 11.5 Å². The van der Waals surface area contributed by atoms with Crippen LogP contribution < -0.4 is 20.8 Å². The number of imide groups is 1. The van der Waals surface area contributed by atoms with Gasteiger partial charge in [0.15, 0.2) is 5.75 Å². The molecule has 0 unspecified atom stereocenters. The topological polar surface area (TPSA) is 142 Å². The third-order valence-corrected chi connectivity index (χ3v) is 4.87. The number of hydrogen-bond acceptors (Lipinski definition) is 8. The van der Waals surface area contributed by atoms with Gasteiger partial charge in [0, 0.05) is 18.2 Å². The van der Waals surface area contributed by atoms with Crippen LogP contribution >= 0.6 is 23.2 Å². The number of amides is 3. The van der Waals surface area contributed by atoms with Crippen molar-refractivity contribution in [3.63, 3.8) is 0 Å². The quantitative estimate of drug-likeness (QED) is 0.406. The maximum absolute atomic E-state index is 11.9. The smallest absolute Gasteiger partial charge is 0.414 e. The first-order valence-electron chi connectivity index (χ1n) is 9.62. The maximum Gasteiger partial charge on any atom is 0.414 e. The van der Waals surface area contributed by atoms with Gasteiger partial charge in [0.05, 0.1) is 22.3 Å². The Kier molecular flexibility index (Phi) is 7.71. The van der Waals surface area contributed by atoms with Crippen LogP contribution in [0.1, 0.15) is 18.9 Å². The molecule has 0 saturated heterocycles. The standard InChI is InChI=1S/C21H17Cl2N5O5/c1-2-32-21(31)26-20(30)17(10-24)28-27-12-7-14(22)19(15(23)8-12)33-13-5-3-11-4-6-18(29)25-16(11)9-13/h3,5,7-9,27H,2,4,6H2,1H3,(H,25,29)(H,26,30,31). The van der Waals surface area contributed by atoms with E-state index in [1.165, 1.54) is 12.1 Å². The number of nitriles is 1. The summed E-state index contributed by atoms with van der Waals surface area (Å²) in [5.41, 5.74) is 3.78. The number of nitrogens with zero attached hydrogens (tertiary/aromatic N) is 2. The Balaban J connectivity index is 1.74. The number of carbonyl (C=O) groups is 3. The maximum atomic E-state index is 11.9. The number of carbonyl (C=O) groups excluding carboxylic acids is 3. The van der Waals surface area contributed by atoms with E-state index in [1.807, 2.05) is 11.4 Å². The molecule has 0 aromatic heterocycles. The van der Waals surface area contributed by atoms with E-state index in [9.17, 15) is 14.4 Å². The Morgan fingerprint density at radius 1 is 1.21 bits per heavy atom. The lowest BCUT2D eigenvalue weighted by atomic mass is 10.0. The predicted octanol–water partition coefficient (Wildman–Crippen LogP) is 4.23. The van der Waals surface area contributed by atoms with Gasteiger partial charge in [-0.15, -0.1) is 0 Å². The molecule has 1 aliphatic heterocycles. The van der Waals surface area contributed by atoms with Crippen molar-refractivity contribution in [2.75, 3.05) is 17.3 Å². The minimum atomic E-state index is -1.04. The number of aryl methyl sites for hydroxylation is 1. The Hall–Kier alpha value is -3.81. The zero-order valence-electron chi connectivity index (χ0n) is 17.2. The van der Waals surface area contributed by atoms with E-state index in [1.54, 1.807) is 25.1 Å². The largest absolute Gasteiger partial charge is 0.454 e. The van der Waals surface area contributed by atoms with Crippen molar-refractivity contribution in [2.24, 2.45) is 5.10 Å². The van der Waals surface area contributed by atoms with Gasteiger partial charge >= 0.3 is 6.09 Å². The summed E-state index contributed by atoms with van der Waals surface area (Å²) in [5.74, 6) is -0.532. The number of rotatable bonds is 6. The van der Waals surface area contributed by atoms with Crippen LogP contribution in [0.2, 0.25) is 10.0 Å². The summed E-state index contributed by atoms with van der Waals surface area (Å²) >= 11 is 12.6. The Labute approximate surface area is 198 Å². The van der Waals surface area contributed by atoms with E-state index < -0.39 is 17.7 Å². The van der Waals surface area contributed by atoms with Crippen LogP contribution in [-0.4, -0.2) is 30.2 Å². The summed E-state index contributed by atoms with van der Waals surface area (Å²) in [6.07, 6.45) is 0.0753. The summed E-state index contributed by atoms with van der Waals surface area (Å²) in [6, 6.07) is 9.67. The molecule has 170 valence electrons. The second-order valence-electron chi connectivity index (χ2n) is 6.60. The fourth-order valence-electron chi connectivity index (χ4n) is 2.82. The minimum Gasteiger partial charge on any atom is -0.454 e. The second kappa shape index (κ2) is 10.7. The van der Waals surface area contributed by atoms with E-state index in [4.69, 9.17) is 33.2 Å². The number of alkyl carbamates (subject to hydrolysis) is 1. The van der Waals surface area contributed by atoms with Crippen molar-refractivity contribution in [2.45, 2.75) is 19.8 Å². The molecule has 2 aromatic rings. The number of halogens is 2. The first-order valence-corrected chi connectivity index (χ1v) is 10.4. The fraction of sp³-hybridized carbons (Fsp3) is 0.190. The van der Waals surface area contributed by atoms with Gasteiger partial charge in [-0.25, -0.2) is 4.79 Å². The monoisotopic (exact) mass is 489 g/mol. The normalized spacial score (nSPS) is 12.7. The summed E-state index contributed by atoms with van der Waals surface area (Å²) in [4.78, 5) is 34.8. The van der Waals surface area contributed by atoms with Gasteiger partial charge in [0.25, 0.3) is 5.91 Å². The predicted molar refractivity (Wildman–Crippen MR) is 122 cm³/mol. The highest BCUT2D eigenvalue weighted by Gasteiger charge is 2.18. The molecule has 0 atom stereocenters. The third kappa shape index (κ3) is 6.12. The highest BCUT2D eigenvalue weighted by Crippen LogP contribution is 2.40. The number of hydrogen-bond donors (Lipinski definition) is 3. The van der Waals surface area contributed by atoms with Crippen molar-refractivity contribution < 1.29 is 23.9 Å². The molecule has 0 spiro atoms. The highest BCUT2D eigenvalue weighted by atomic mass is 35.5. The molecule has 0 bridgehead atoms. The average molecular weight is 490 g/mol. The third-order valence-electron chi connectivity index (χ3n) is 4.30. The molecule has 0 saturated carbocycles. The van der Waals surface area contributed by atoms with E-state index >= 15 is 0 Å². The number of ether oxygens (including phenoxy) is 2. The lowest BCUT2D eigenvalue weighted by Gasteiger charge is -2.18. The van der Waals surface area contributed by atoms with E-state index in [0.29, 0.717) is 24.3 Å².